The van der Waals surface area contributed by atoms with E-state index in [4.69, 9.17) is 4.74 Å². The Morgan fingerprint density at radius 3 is 1.73 bits per heavy atom. The summed E-state index contributed by atoms with van der Waals surface area (Å²) in [6, 6.07) is 0. The molecule has 1 heterocycles. The van der Waals surface area contributed by atoms with E-state index in [0.717, 1.165) is 0 Å². The first kappa shape index (κ1) is 20.8. The van der Waals surface area contributed by atoms with Crippen molar-refractivity contribution in [3.05, 3.63) is 0 Å². The van der Waals surface area contributed by atoms with Crippen LogP contribution in [0, 0.1) is 0 Å². The molecule has 132 valence electrons. The molecule has 0 N–H and O–H groups in total. The standard InChI is InChI=1S/C7H14NO.3C4H9.Sn/c1-8-5-3-7(9-2)4-6-8;3*1-3-4-2;/h7H,2-6H2,1H3;3*1,3-4H2,2H3;. The van der Waals surface area contributed by atoms with E-state index in [1.807, 2.05) is 0 Å². The van der Waals surface area contributed by atoms with Crippen LogP contribution in [-0.4, -0.2) is 54.1 Å². The Labute approximate surface area is 144 Å². The summed E-state index contributed by atoms with van der Waals surface area (Å²) in [4.78, 5) is 2.45. The average molecular weight is 418 g/mol. The summed E-state index contributed by atoms with van der Waals surface area (Å²) in [5.74, 6) is 0. The molecule has 2 nitrogen and oxygen atoms in total. The fourth-order valence-electron chi connectivity index (χ4n) is 3.69. The van der Waals surface area contributed by atoms with Gasteiger partial charge in [-0.15, -0.1) is 0 Å². The molecule has 0 amide bonds. The molecule has 0 unspecified atom stereocenters. The van der Waals surface area contributed by atoms with Gasteiger partial charge < -0.3 is 0 Å². The first-order valence-electron chi connectivity index (χ1n) is 9.96. The van der Waals surface area contributed by atoms with E-state index in [1.165, 1.54) is 69.1 Å². The van der Waals surface area contributed by atoms with Gasteiger partial charge in [0.25, 0.3) is 0 Å². The number of unbranched alkanes of at least 4 members (excludes halogenated alkanes) is 3. The molecule has 0 aromatic carbocycles. The number of piperidine rings is 1. The van der Waals surface area contributed by atoms with Gasteiger partial charge >= 0.3 is 144 Å². The molecule has 1 fully saturated rings. The Morgan fingerprint density at radius 1 is 0.864 bits per heavy atom. The molecular formula is C19H41NOSn. The maximum atomic E-state index is 6.55. The van der Waals surface area contributed by atoms with Crippen molar-refractivity contribution in [2.45, 2.75) is 91.6 Å². The van der Waals surface area contributed by atoms with Gasteiger partial charge in [0.15, 0.2) is 0 Å². The maximum absolute atomic E-state index is 6.55. The Kier molecular flexibility index (Phi) is 11.5. The number of hydrogen-bond donors (Lipinski definition) is 0. The van der Waals surface area contributed by atoms with Gasteiger partial charge in [0.2, 0.25) is 0 Å². The Hall–Kier alpha value is 0.719. The fraction of sp³-hybridized carbons (Fsp3) is 1.00. The van der Waals surface area contributed by atoms with Crippen LogP contribution in [0.25, 0.3) is 0 Å². The van der Waals surface area contributed by atoms with E-state index < -0.39 is 18.4 Å². The van der Waals surface area contributed by atoms with Gasteiger partial charge in [0.1, 0.15) is 0 Å². The Morgan fingerprint density at radius 2 is 1.32 bits per heavy atom. The normalized spacial score (nSPS) is 18.0. The third-order valence-electron chi connectivity index (χ3n) is 5.47. The summed E-state index contributed by atoms with van der Waals surface area (Å²) in [6.45, 7) is 9.52. The topological polar surface area (TPSA) is 12.5 Å². The zero-order valence-electron chi connectivity index (χ0n) is 15.8. The van der Waals surface area contributed by atoms with Crippen LogP contribution in [0.15, 0.2) is 0 Å². The summed E-state index contributed by atoms with van der Waals surface area (Å²) in [7, 11) is 2.24. The predicted molar refractivity (Wildman–Crippen MR) is 101 cm³/mol. The molecule has 0 radical (unpaired) electrons. The minimum atomic E-state index is -2.04. The molecule has 1 rings (SSSR count). The van der Waals surface area contributed by atoms with Crippen LogP contribution in [0.3, 0.4) is 0 Å². The summed E-state index contributed by atoms with van der Waals surface area (Å²) in [5, 5.41) is 0. The second kappa shape index (κ2) is 12.1. The van der Waals surface area contributed by atoms with Crippen LogP contribution in [0.2, 0.25) is 13.3 Å². The second-order valence-corrected chi connectivity index (χ2v) is 21.3. The zero-order valence-corrected chi connectivity index (χ0v) is 18.7. The molecule has 0 aromatic heterocycles. The summed E-state index contributed by atoms with van der Waals surface area (Å²) < 4.78 is 12.5. The molecule has 22 heavy (non-hydrogen) atoms. The van der Waals surface area contributed by atoms with Gasteiger partial charge in [-0.25, -0.2) is 0 Å². The average Bonchev–Trinajstić information content (AvgIpc) is 2.55. The van der Waals surface area contributed by atoms with Crippen molar-refractivity contribution in [1.29, 1.82) is 0 Å². The molecule has 0 aromatic rings. The van der Waals surface area contributed by atoms with E-state index in [2.05, 4.69) is 32.7 Å². The number of ether oxygens (including phenoxy) is 1. The van der Waals surface area contributed by atoms with E-state index in [0.29, 0.717) is 6.10 Å². The van der Waals surface area contributed by atoms with Crippen molar-refractivity contribution in [1.82, 2.24) is 4.90 Å². The van der Waals surface area contributed by atoms with Crippen LogP contribution in [0.1, 0.15) is 72.1 Å². The minimum absolute atomic E-state index is 0.567. The molecule has 3 heteroatoms. The quantitative estimate of drug-likeness (QED) is 0.389. The third kappa shape index (κ3) is 8.01. The van der Waals surface area contributed by atoms with Crippen LogP contribution in [0.5, 0.6) is 0 Å². The monoisotopic (exact) mass is 419 g/mol. The van der Waals surface area contributed by atoms with Crippen molar-refractivity contribution in [2.75, 3.05) is 24.8 Å². The summed E-state index contributed by atoms with van der Waals surface area (Å²) in [5.41, 5.74) is 0. The van der Waals surface area contributed by atoms with E-state index >= 15 is 0 Å². The number of likely N-dealkylation sites (tertiary alicyclic amines) is 1. The van der Waals surface area contributed by atoms with Crippen molar-refractivity contribution in [2.24, 2.45) is 0 Å². The molecule has 0 saturated carbocycles. The second-order valence-electron chi connectivity index (χ2n) is 7.62. The molecular weight excluding hydrogens is 377 g/mol. The van der Waals surface area contributed by atoms with E-state index in [-0.39, 0.29) is 0 Å². The van der Waals surface area contributed by atoms with Crippen molar-refractivity contribution in [3.63, 3.8) is 0 Å². The van der Waals surface area contributed by atoms with E-state index in [1.54, 1.807) is 13.3 Å². The molecule has 1 aliphatic heterocycles. The SMILES string of the molecule is CCC[CH2][Sn]([CH2]CCC)([CH2]CCC)[CH2]OC1CCN(C)CC1. The summed E-state index contributed by atoms with van der Waals surface area (Å²) in [6.07, 6.45) is 11.6. The molecule has 1 aliphatic rings. The van der Waals surface area contributed by atoms with Gasteiger partial charge in [0.05, 0.1) is 0 Å². The molecule has 0 spiro atoms. The predicted octanol–water partition coefficient (Wildman–Crippen LogP) is 5.49. The third-order valence-corrected chi connectivity index (χ3v) is 19.8. The van der Waals surface area contributed by atoms with Crippen LogP contribution < -0.4 is 0 Å². The zero-order chi connectivity index (χ0) is 16.3. The van der Waals surface area contributed by atoms with Crippen LogP contribution in [-0.2, 0) is 4.74 Å². The van der Waals surface area contributed by atoms with Crippen LogP contribution >= 0.6 is 0 Å². The Bertz CT molecular complexity index is 242. The van der Waals surface area contributed by atoms with E-state index in [9.17, 15) is 0 Å². The van der Waals surface area contributed by atoms with Gasteiger partial charge in [0, 0.05) is 0 Å². The van der Waals surface area contributed by atoms with Crippen molar-refractivity contribution in [3.8, 4) is 0 Å². The van der Waals surface area contributed by atoms with Gasteiger partial charge in [-0.2, -0.15) is 0 Å². The van der Waals surface area contributed by atoms with Crippen molar-refractivity contribution < 1.29 is 4.74 Å². The van der Waals surface area contributed by atoms with Gasteiger partial charge in [-0.3, -0.25) is 0 Å². The number of hydrogen-bond acceptors (Lipinski definition) is 2. The first-order chi connectivity index (χ1) is 10.7. The number of nitrogens with zero attached hydrogens (tertiary/aromatic N) is 1. The van der Waals surface area contributed by atoms with Gasteiger partial charge in [-0.05, 0) is 0 Å². The van der Waals surface area contributed by atoms with Gasteiger partial charge in [-0.1, -0.05) is 0 Å². The fourth-order valence-corrected chi connectivity index (χ4v) is 18.2. The van der Waals surface area contributed by atoms with Crippen molar-refractivity contribution >= 4 is 18.4 Å². The molecule has 0 aliphatic carbocycles. The molecule has 0 bridgehead atoms. The van der Waals surface area contributed by atoms with Crippen LogP contribution in [0.4, 0.5) is 0 Å². The summed E-state index contributed by atoms with van der Waals surface area (Å²) >= 11 is -2.04. The Balaban J connectivity index is 2.55. The molecule has 1 saturated heterocycles. The first-order valence-corrected chi connectivity index (χ1v) is 18.0. The number of rotatable bonds is 12. The molecule has 0 atom stereocenters.